The highest BCUT2D eigenvalue weighted by molar-refractivity contribution is 5.86. The number of aliphatic carboxylic acids is 4. The molecule has 0 aromatic rings. The summed E-state index contributed by atoms with van der Waals surface area (Å²) in [5, 5.41) is 64.3. The fraction of sp³-hybridized carbons (Fsp3) is 0.771. The Bertz CT molecular complexity index is 1640. The van der Waals surface area contributed by atoms with Crippen LogP contribution in [0.25, 0.3) is 0 Å². The van der Waals surface area contributed by atoms with Gasteiger partial charge in [0.25, 0.3) is 0 Å². The van der Waals surface area contributed by atoms with Gasteiger partial charge in [-0.15, -0.1) is 0 Å². The van der Waals surface area contributed by atoms with E-state index in [-0.39, 0.29) is 49.0 Å². The second-order valence-corrected chi connectivity index (χ2v) is 17.3. The number of hydrogen-bond acceptors (Lipinski definition) is 18. The van der Waals surface area contributed by atoms with Crippen molar-refractivity contribution >= 4 is 66.2 Å². The van der Waals surface area contributed by atoms with E-state index in [4.69, 9.17) is 49.2 Å². The van der Waals surface area contributed by atoms with E-state index in [0.717, 1.165) is 90.3 Å². The molecule has 0 radical (unpaired) electrons. The number of rotatable bonds is 41. The second-order valence-electron chi connectivity index (χ2n) is 17.3. The monoisotopic (exact) mass is 1090 g/mol. The van der Waals surface area contributed by atoms with E-state index in [1.807, 2.05) is 27.7 Å². The van der Waals surface area contributed by atoms with E-state index < -0.39 is 60.1 Å². The lowest BCUT2D eigenvalue weighted by Gasteiger charge is -2.20. The summed E-state index contributed by atoms with van der Waals surface area (Å²) in [6.45, 7) is 16.7. The summed E-state index contributed by atoms with van der Waals surface area (Å²) >= 11 is 0. The van der Waals surface area contributed by atoms with Crippen LogP contribution in [0.2, 0.25) is 0 Å². The molecule has 0 aliphatic carbocycles. The van der Waals surface area contributed by atoms with E-state index >= 15 is 0 Å². The molecule has 0 spiro atoms. The van der Waals surface area contributed by atoms with Gasteiger partial charge in [0.15, 0.2) is 5.78 Å². The molecule has 0 bridgehead atoms. The van der Waals surface area contributed by atoms with Crippen molar-refractivity contribution in [3.63, 3.8) is 0 Å². The molecule has 4 atom stereocenters. The Morgan fingerprint density at radius 1 is 0.421 bits per heavy atom. The van der Waals surface area contributed by atoms with E-state index in [2.05, 4.69) is 67.0 Å². The lowest BCUT2D eigenvalue weighted by Crippen LogP contribution is -2.48. The number of nitrogens with one attached hydrogen (secondary N) is 10. The summed E-state index contributed by atoms with van der Waals surface area (Å²) < 4.78 is 0. The standard InChI is InChI=1S/C31H59N7O9.C14H29N3O3.3CO2/c1-4-13-23(28(42)43)37-30(46)35-18-11-7-5-6-10-17-34-25(27(41)22(2)3)20-33-21-32-16-9-8-12-19-36-31(47)38-24(29(44)45)14-15-26(39)40;1-4-8-12(13(18)19)17-14(20)16-10-7-5-6-9-15-11(2)3;3*2-1-3/h22-25,32-34H,4-21H2,1-3H3,(H,39,40)(H,42,43)(H,44,45)(H2,35,37,46)(H2,36,38,47);11-12,15H,4-10H2,1-3H3,(H,18,19)(H2,16,17,20);;;. The number of carboxylic acid groups (broad SMARTS) is 4. The lowest BCUT2D eigenvalue weighted by molar-refractivity contribution is -0.193. The maximum atomic E-state index is 12.7. The van der Waals surface area contributed by atoms with Crippen LogP contribution < -0.4 is 53.2 Å². The smallest absolute Gasteiger partial charge is 0.373 e. The van der Waals surface area contributed by atoms with Gasteiger partial charge in [-0.3, -0.25) is 9.59 Å². The predicted molar refractivity (Wildman–Crippen MR) is 272 cm³/mol. The first kappa shape index (κ1) is 78.2. The van der Waals surface area contributed by atoms with E-state index in [9.17, 15) is 38.4 Å². The average molecular weight is 1090 g/mol. The largest absolute Gasteiger partial charge is 0.481 e. The van der Waals surface area contributed by atoms with Crippen molar-refractivity contribution in [3.05, 3.63) is 0 Å². The summed E-state index contributed by atoms with van der Waals surface area (Å²) in [6, 6.07) is -4.20. The van der Waals surface area contributed by atoms with E-state index in [0.29, 0.717) is 64.6 Å². The van der Waals surface area contributed by atoms with Gasteiger partial charge in [0, 0.05) is 51.2 Å². The van der Waals surface area contributed by atoms with Crippen LogP contribution in [0.5, 0.6) is 0 Å². The normalized spacial score (nSPS) is 11.5. The third-order valence-corrected chi connectivity index (χ3v) is 10.2. The van der Waals surface area contributed by atoms with Gasteiger partial charge >= 0.3 is 60.4 Å². The minimum absolute atomic E-state index is 0.0878. The van der Waals surface area contributed by atoms with Crippen LogP contribution in [0.15, 0.2) is 0 Å². The number of carboxylic acids is 4. The molecule has 0 aromatic carbocycles. The van der Waals surface area contributed by atoms with Crippen molar-refractivity contribution in [1.29, 1.82) is 0 Å². The van der Waals surface area contributed by atoms with Gasteiger partial charge in [-0.25, -0.2) is 28.8 Å². The highest BCUT2D eigenvalue weighted by Gasteiger charge is 2.22. The fourth-order valence-electron chi connectivity index (χ4n) is 6.35. The molecule has 6 amide bonds. The molecule has 76 heavy (non-hydrogen) atoms. The molecule has 28 heteroatoms. The average Bonchev–Trinajstić information content (AvgIpc) is 3.34. The highest BCUT2D eigenvalue weighted by atomic mass is 16.4. The number of ketones is 1. The van der Waals surface area contributed by atoms with Crippen LogP contribution in [0.4, 0.5) is 14.4 Å². The van der Waals surface area contributed by atoms with Crippen molar-refractivity contribution in [3.8, 4) is 0 Å². The molecule has 0 fully saturated rings. The van der Waals surface area contributed by atoms with Crippen LogP contribution in [-0.4, -0.2) is 169 Å². The molecule has 4 unspecified atom stereocenters. The van der Waals surface area contributed by atoms with Crippen molar-refractivity contribution in [2.24, 2.45) is 5.92 Å². The Hall–Kier alpha value is -6.66. The molecule has 438 valence electrons. The van der Waals surface area contributed by atoms with Crippen LogP contribution in [0.1, 0.15) is 151 Å². The van der Waals surface area contributed by atoms with Crippen LogP contribution in [-0.2, 0) is 52.7 Å². The Kier molecular flexibility index (Phi) is 59.3. The molecule has 28 nitrogen and oxygen atoms in total. The van der Waals surface area contributed by atoms with Crippen molar-refractivity contribution in [2.45, 2.75) is 181 Å². The van der Waals surface area contributed by atoms with Crippen molar-refractivity contribution < 1.29 is 87.5 Å². The van der Waals surface area contributed by atoms with Crippen LogP contribution in [0, 0.1) is 5.92 Å². The number of unbranched alkanes of at least 4 members (excludes halogenated alkanes) is 8. The zero-order valence-corrected chi connectivity index (χ0v) is 45.1. The minimum Gasteiger partial charge on any atom is -0.481 e. The Morgan fingerprint density at radius 3 is 1.09 bits per heavy atom. The van der Waals surface area contributed by atoms with Gasteiger partial charge in [-0.05, 0) is 77.4 Å². The molecular weight excluding hydrogens is 1000 g/mol. The maximum Gasteiger partial charge on any atom is 0.373 e. The van der Waals surface area contributed by atoms with Gasteiger partial charge < -0.3 is 73.6 Å². The first-order valence-electron chi connectivity index (χ1n) is 25.5. The van der Waals surface area contributed by atoms with Gasteiger partial charge in [0.05, 0.1) is 6.04 Å². The second kappa shape index (κ2) is 57.6. The zero-order chi connectivity index (χ0) is 59.0. The molecule has 0 rings (SSSR count). The Labute approximate surface area is 445 Å². The zero-order valence-electron chi connectivity index (χ0n) is 45.1. The molecular formula is C48H88N10O18. The topological polar surface area (TPSA) is 440 Å². The van der Waals surface area contributed by atoms with Gasteiger partial charge in [-0.2, -0.15) is 28.8 Å². The third-order valence-electron chi connectivity index (χ3n) is 10.2. The third kappa shape index (κ3) is 58.2. The number of Topliss-reactive ketones (excluding diaryl/α,β-unsaturated/α-hetero) is 1. The molecule has 0 aromatic heterocycles. The van der Waals surface area contributed by atoms with Gasteiger partial charge in [0.2, 0.25) is 0 Å². The summed E-state index contributed by atoms with van der Waals surface area (Å²) in [6.07, 6.45) is 12.5. The van der Waals surface area contributed by atoms with E-state index in [1.165, 1.54) is 0 Å². The Balaban J connectivity index is -0.000000475. The number of hydrogen-bond donors (Lipinski definition) is 14. The van der Waals surface area contributed by atoms with Crippen molar-refractivity contribution in [2.75, 3.05) is 52.5 Å². The summed E-state index contributed by atoms with van der Waals surface area (Å²) in [5.41, 5.74) is 0. The SMILES string of the molecule is CCCC(NC(=O)NCCCCCCCNC(CNCNCCCCCNC(=O)NC(CCC(=O)O)C(=O)O)C(=O)C(C)C)C(=O)O.CCCC(NC(=O)NCCCCCNC(C)C)C(=O)O.O=C=O.O=C=O.O=C=O. The molecule has 14 N–H and O–H groups in total. The lowest BCUT2D eigenvalue weighted by atomic mass is 10.0. The number of carbonyl (C=O) groups is 8. The quantitative estimate of drug-likeness (QED) is 0.0305. The molecule has 0 heterocycles. The first-order valence-corrected chi connectivity index (χ1v) is 25.5. The van der Waals surface area contributed by atoms with Gasteiger partial charge in [0.1, 0.15) is 18.1 Å². The fourth-order valence-corrected chi connectivity index (χ4v) is 6.35. The number of carbonyl (C=O) groups excluding carboxylic acids is 10. The molecule has 0 aliphatic heterocycles. The maximum absolute atomic E-state index is 12.7. The predicted octanol–water partition coefficient (Wildman–Crippen LogP) is 1.55. The molecule has 0 saturated carbocycles. The Morgan fingerprint density at radius 2 is 0.750 bits per heavy atom. The number of amides is 6. The molecule has 0 saturated heterocycles. The minimum atomic E-state index is -1.28. The summed E-state index contributed by atoms with van der Waals surface area (Å²) in [5.74, 6) is -4.36. The summed E-state index contributed by atoms with van der Waals surface area (Å²) in [7, 11) is 0. The van der Waals surface area contributed by atoms with Crippen molar-refractivity contribution in [1.82, 2.24) is 53.2 Å². The van der Waals surface area contributed by atoms with E-state index in [1.54, 1.807) is 0 Å². The first-order chi connectivity index (χ1) is 36.1. The van der Waals surface area contributed by atoms with Gasteiger partial charge in [-0.1, -0.05) is 86.5 Å². The van der Waals surface area contributed by atoms with Crippen LogP contribution in [0.3, 0.4) is 0 Å². The highest BCUT2D eigenvalue weighted by Crippen LogP contribution is 2.05. The molecule has 0 aliphatic rings. The van der Waals surface area contributed by atoms with Crippen LogP contribution >= 0.6 is 0 Å². The summed E-state index contributed by atoms with van der Waals surface area (Å²) in [4.78, 5) is 140. The number of urea groups is 3.